The zero-order chi connectivity index (χ0) is 26.4. The summed E-state index contributed by atoms with van der Waals surface area (Å²) in [7, 11) is 0. The largest absolute Gasteiger partial charge is 0.395 e. The molecule has 200 valence electrons. The van der Waals surface area contributed by atoms with E-state index in [0.29, 0.717) is 17.7 Å². The van der Waals surface area contributed by atoms with E-state index in [1.165, 1.54) is 12.8 Å². The van der Waals surface area contributed by atoms with E-state index in [1.54, 1.807) is 6.20 Å². The molecule has 3 aromatic rings. The van der Waals surface area contributed by atoms with Crippen molar-refractivity contribution in [2.45, 2.75) is 59.5 Å². The van der Waals surface area contributed by atoms with Crippen LogP contribution in [0.5, 0.6) is 0 Å². The quantitative estimate of drug-likeness (QED) is 0.344. The zero-order valence-electron chi connectivity index (χ0n) is 22.3. The molecule has 37 heavy (non-hydrogen) atoms. The van der Waals surface area contributed by atoms with Gasteiger partial charge in [-0.1, -0.05) is 26.2 Å². The van der Waals surface area contributed by atoms with Crippen LogP contribution in [-0.4, -0.2) is 70.0 Å². The Balaban J connectivity index is 1.61. The Bertz CT molecular complexity index is 1270. The van der Waals surface area contributed by atoms with E-state index < -0.39 is 0 Å². The summed E-state index contributed by atoms with van der Waals surface area (Å²) in [6.45, 7) is 11.2. The lowest BCUT2D eigenvalue weighted by atomic mass is 10.1. The fraction of sp³-hybridized carbons (Fsp3) is 0.536. The van der Waals surface area contributed by atoms with Gasteiger partial charge in [-0.05, 0) is 44.0 Å². The number of aromatic nitrogens is 3. The molecule has 3 N–H and O–H groups in total. The van der Waals surface area contributed by atoms with E-state index >= 15 is 0 Å². The molecule has 3 heterocycles. The van der Waals surface area contributed by atoms with Crippen LogP contribution in [0.3, 0.4) is 0 Å². The highest BCUT2D eigenvalue weighted by Gasteiger charge is 2.21. The van der Waals surface area contributed by atoms with Crippen molar-refractivity contribution in [2.24, 2.45) is 0 Å². The summed E-state index contributed by atoms with van der Waals surface area (Å²) in [4.78, 5) is 33.3. The van der Waals surface area contributed by atoms with Crippen LogP contribution < -0.4 is 15.8 Å². The SMILES string of the molecule is CCCCCCn1ncc2c(C(=O)NCc3c(C)cc(C)[nH]c3=O)cc(N3CCN(CCO)CC3)cc21. The number of pyridine rings is 1. The van der Waals surface area contributed by atoms with Gasteiger partial charge in [0, 0.05) is 68.1 Å². The lowest BCUT2D eigenvalue weighted by Gasteiger charge is -2.36. The molecule has 1 aliphatic heterocycles. The Morgan fingerprint density at radius 1 is 1.08 bits per heavy atom. The monoisotopic (exact) mass is 508 g/mol. The maximum atomic E-state index is 13.5. The molecule has 1 fully saturated rings. The molecule has 9 heteroatoms. The third-order valence-corrected chi connectivity index (χ3v) is 7.29. The van der Waals surface area contributed by atoms with Crippen LogP contribution in [0.1, 0.15) is 59.8 Å². The first kappa shape index (κ1) is 26.9. The third kappa shape index (κ3) is 6.40. The molecule has 9 nitrogen and oxygen atoms in total. The number of hydrogen-bond donors (Lipinski definition) is 3. The van der Waals surface area contributed by atoms with Crippen LogP contribution in [0.15, 0.2) is 29.2 Å². The van der Waals surface area contributed by atoms with Gasteiger partial charge in [0.2, 0.25) is 0 Å². The summed E-state index contributed by atoms with van der Waals surface area (Å²) >= 11 is 0. The second-order valence-electron chi connectivity index (χ2n) is 10.0. The van der Waals surface area contributed by atoms with Gasteiger partial charge >= 0.3 is 0 Å². The number of aromatic amines is 1. The van der Waals surface area contributed by atoms with Gasteiger partial charge in [-0.2, -0.15) is 5.10 Å². The number of benzene rings is 1. The van der Waals surface area contributed by atoms with Gasteiger partial charge < -0.3 is 20.3 Å². The highest BCUT2D eigenvalue weighted by Crippen LogP contribution is 2.28. The van der Waals surface area contributed by atoms with E-state index in [2.05, 4.69) is 38.2 Å². The Labute approximate surface area is 218 Å². The molecule has 1 aliphatic rings. The van der Waals surface area contributed by atoms with Crippen molar-refractivity contribution >= 4 is 22.5 Å². The van der Waals surface area contributed by atoms with Crippen LogP contribution in [0.2, 0.25) is 0 Å². The smallest absolute Gasteiger partial charge is 0.253 e. The lowest BCUT2D eigenvalue weighted by molar-refractivity contribution is 0.0952. The predicted octanol–water partition coefficient (Wildman–Crippen LogP) is 2.97. The number of aryl methyl sites for hydroxylation is 3. The van der Waals surface area contributed by atoms with E-state index in [0.717, 1.165) is 73.4 Å². The van der Waals surface area contributed by atoms with E-state index in [1.807, 2.05) is 30.7 Å². The Hall–Kier alpha value is -3.17. The highest BCUT2D eigenvalue weighted by molar-refractivity contribution is 6.07. The number of aliphatic hydroxyl groups excluding tert-OH is 1. The summed E-state index contributed by atoms with van der Waals surface area (Å²) in [5.74, 6) is -0.212. The first-order valence-corrected chi connectivity index (χ1v) is 13.5. The molecule has 0 spiro atoms. The number of nitrogens with one attached hydrogen (secondary N) is 2. The van der Waals surface area contributed by atoms with Crippen LogP contribution in [0, 0.1) is 13.8 Å². The van der Waals surface area contributed by atoms with Gasteiger partial charge in [-0.15, -0.1) is 0 Å². The number of H-pyrrole nitrogens is 1. The summed E-state index contributed by atoms with van der Waals surface area (Å²) in [5.41, 5.74) is 4.60. The van der Waals surface area contributed by atoms with Crippen molar-refractivity contribution in [1.29, 1.82) is 0 Å². The molecule has 1 saturated heterocycles. The number of piperazine rings is 1. The Kier molecular flexibility index (Phi) is 9.00. The minimum Gasteiger partial charge on any atom is -0.395 e. The first-order chi connectivity index (χ1) is 17.9. The Morgan fingerprint density at radius 2 is 1.86 bits per heavy atom. The summed E-state index contributed by atoms with van der Waals surface area (Å²) < 4.78 is 2.02. The second-order valence-corrected chi connectivity index (χ2v) is 10.0. The molecule has 1 aromatic carbocycles. The number of fused-ring (bicyclic) bond motifs is 1. The fourth-order valence-corrected chi connectivity index (χ4v) is 5.14. The minimum atomic E-state index is -0.212. The number of hydrogen-bond acceptors (Lipinski definition) is 6. The number of nitrogens with zero attached hydrogens (tertiary/aromatic N) is 4. The fourth-order valence-electron chi connectivity index (χ4n) is 5.14. The average molecular weight is 509 g/mol. The van der Waals surface area contributed by atoms with E-state index in [4.69, 9.17) is 0 Å². The topological polar surface area (TPSA) is 106 Å². The van der Waals surface area contributed by atoms with E-state index in [9.17, 15) is 14.7 Å². The molecule has 4 rings (SSSR count). The van der Waals surface area contributed by atoms with Crippen LogP contribution in [0.25, 0.3) is 10.9 Å². The maximum absolute atomic E-state index is 13.5. The molecule has 0 saturated carbocycles. The van der Waals surface area contributed by atoms with Crippen molar-refractivity contribution < 1.29 is 9.90 Å². The van der Waals surface area contributed by atoms with E-state index in [-0.39, 0.29) is 24.6 Å². The second kappa shape index (κ2) is 12.4. The summed E-state index contributed by atoms with van der Waals surface area (Å²) in [6.07, 6.45) is 6.37. The number of amides is 1. The molecular formula is C28H40N6O3. The first-order valence-electron chi connectivity index (χ1n) is 13.5. The van der Waals surface area contributed by atoms with Crippen LogP contribution in [0.4, 0.5) is 5.69 Å². The molecule has 0 aliphatic carbocycles. The number of carbonyl (C=O) groups is 1. The summed E-state index contributed by atoms with van der Waals surface area (Å²) in [5, 5.41) is 17.7. The number of aliphatic hydroxyl groups is 1. The number of anilines is 1. The van der Waals surface area contributed by atoms with Crippen molar-refractivity contribution in [2.75, 3.05) is 44.2 Å². The average Bonchev–Trinajstić information content (AvgIpc) is 3.29. The van der Waals surface area contributed by atoms with Gasteiger partial charge in [0.15, 0.2) is 0 Å². The highest BCUT2D eigenvalue weighted by atomic mass is 16.3. The number of rotatable bonds is 11. The molecule has 0 unspecified atom stereocenters. The van der Waals surface area contributed by atoms with Crippen LogP contribution in [-0.2, 0) is 13.1 Å². The lowest BCUT2D eigenvalue weighted by Crippen LogP contribution is -2.47. The van der Waals surface area contributed by atoms with Crippen molar-refractivity contribution in [3.8, 4) is 0 Å². The maximum Gasteiger partial charge on any atom is 0.253 e. The predicted molar refractivity (Wildman–Crippen MR) is 147 cm³/mol. The molecule has 2 aromatic heterocycles. The van der Waals surface area contributed by atoms with Crippen LogP contribution >= 0.6 is 0 Å². The van der Waals surface area contributed by atoms with Crippen molar-refractivity contribution in [1.82, 2.24) is 25.0 Å². The van der Waals surface area contributed by atoms with Crippen molar-refractivity contribution in [3.63, 3.8) is 0 Å². The molecule has 0 radical (unpaired) electrons. The van der Waals surface area contributed by atoms with Gasteiger partial charge in [0.1, 0.15) is 0 Å². The standard InChI is InChI=1S/C28H40N6O3/c1-4-5-6-7-8-34-26-17-22(33-11-9-32(10-12-33)13-14-35)16-23(25(26)19-30-34)27(36)29-18-24-20(2)15-21(3)31-28(24)37/h15-17,19,35H,4-14,18H2,1-3H3,(H,29,36)(H,31,37). The normalized spacial score (nSPS) is 14.4. The molecule has 1 amide bonds. The van der Waals surface area contributed by atoms with Gasteiger partial charge in [-0.25, -0.2) is 0 Å². The van der Waals surface area contributed by atoms with Gasteiger partial charge in [0.25, 0.3) is 11.5 Å². The summed E-state index contributed by atoms with van der Waals surface area (Å²) in [6, 6.07) is 6.02. The van der Waals surface area contributed by atoms with Gasteiger partial charge in [-0.3, -0.25) is 19.2 Å². The minimum absolute atomic E-state index is 0.163. The molecule has 0 bridgehead atoms. The van der Waals surface area contributed by atoms with Gasteiger partial charge in [0.05, 0.1) is 23.9 Å². The third-order valence-electron chi connectivity index (χ3n) is 7.29. The number of β-amino-alcohol motifs (C(OH)–C–C–N with tert-alkyl or cyclic N) is 1. The van der Waals surface area contributed by atoms with Crippen molar-refractivity contribution in [3.05, 3.63) is 57.1 Å². The zero-order valence-corrected chi connectivity index (χ0v) is 22.3. The number of unbranched alkanes of at least 4 members (excludes halogenated alkanes) is 3. The Morgan fingerprint density at radius 3 is 2.57 bits per heavy atom. The number of carbonyl (C=O) groups excluding carboxylic acids is 1. The molecule has 0 atom stereocenters. The molecular weight excluding hydrogens is 468 g/mol.